The summed E-state index contributed by atoms with van der Waals surface area (Å²) in [6.45, 7) is 9.02. The van der Waals surface area contributed by atoms with Crippen molar-refractivity contribution in [1.29, 1.82) is 0 Å². The van der Waals surface area contributed by atoms with Crippen molar-refractivity contribution in [1.82, 2.24) is 15.2 Å². The van der Waals surface area contributed by atoms with Gasteiger partial charge in [-0.25, -0.2) is 0 Å². The third kappa shape index (κ3) is 2.98. The Bertz CT molecular complexity index is 841. The lowest BCUT2D eigenvalue weighted by Crippen LogP contribution is -2.56. The van der Waals surface area contributed by atoms with Gasteiger partial charge in [0.05, 0.1) is 0 Å². The molecule has 1 aliphatic heterocycles. The highest BCUT2D eigenvalue weighted by Crippen LogP contribution is 2.45. The molecule has 5 heteroatoms. The summed E-state index contributed by atoms with van der Waals surface area (Å²) in [6, 6.07) is 5.75. The molecule has 3 nitrogen and oxygen atoms in total. The van der Waals surface area contributed by atoms with E-state index in [0.29, 0.717) is 18.0 Å². The number of aromatic amines is 1. The van der Waals surface area contributed by atoms with Crippen molar-refractivity contribution in [3.8, 4) is 0 Å². The molecule has 2 heterocycles. The van der Waals surface area contributed by atoms with Crippen LogP contribution in [0.3, 0.4) is 0 Å². The Kier molecular flexibility index (Phi) is 5.06. The molecule has 2 aromatic rings. The fourth-order valence-electron chi connectivity index (χ4n) is 5.12. The van der Waals surface area contributed by atoms with Gasteiger partial charge in [0.1, 0.15) is 4.32 Å². The zero-order valence-corrected chi connectivity index (χ0v) is 17.8. The Morgan fingerprint density at radius 3 is 2.92 bits per heavy atom. The van der Waals surface area contributed by atoms with Crippen LogP contribution in [0.4, 0.5) is 0 Å². The first-order valence-electron chi connectivity index (χ1n) is 9.72. The molecule has 0 radical (unpaired) electrons. The van der Waals surface area contributed by atoms with E-state index in [1.807, 2.05) is 0 Å². The lowest BCUT2D eigenvalue weighted by Gasteiger charge is -2.47. The summed E-state index contributed by atoms with van der Waals surface area (Å²) in [4.78, 5) is 6.40. The van der Waals surface area contributed by atoms with Crippen molar-refractivity contribution in [3.63, 3.8) is 0 Å². The number of likely N-dealkylation sites (tertiary alicyclic amines) is 1. The Morgan fingerprint density at radius 2 is 2.19 bits per heavy atom. The van der Waals surface area contributed by atoms with Gasteiger partial charge in [-0.15, -0.1) is 11.8 Å². The number of hydrogen-bond acceptors (Lipinski definition) is 3. The molecule has 1 aromatic heterocycles. The molecule has 1 aliphatic carbocycles. The Labute approximate surface area is 166 Å². The van der Waals surface area contributed by atoms with Crippen LogP contribution in [-0.4, -0.2) is 45.6 Å². The quantitative estimate of drug-likeness (QED) is 0.759. The van der Waals surface area contributed by atoms with Crippen molar-refractivity contribution in [3.05, 3.63) is 34.5 Å². The van der Waals surface area contributed by atoms with Gasteiger partial charge in [-0.05, 0) is 62.6 Å². The van der Waals surface area contributed by atoms with Gasteiger partial charge in [-0.1, -0.05) is 31.3 Å². The smallest absolute Gasteiger partial charge is 0.133 e. The predicted molar refractivity (Wildman–Crippen MR) is 118 cm³/mol. The average Bonchev–Trinajstić information content (AvgIpc) is 2.96. The Morgan fingerprint density at radius 1 is 1.38 bits per heavy atom. The number of thioether (sulfide) groups is 1. The van der Waals surface area contributed by atoms with Gasteiger partial charge >= 0.3 is 0 Å². The molecule has 1 fully saturated rings. The third-order valence-electron chi connectivity index (χ3n) is 6.27. The van der Waals surface area contributed by atoms with E-state index in [9.17, 15) is 0 Å². The van der Waals surface area contributed by atoms with Crippen LogP contribution >= 0.6 is 24.0 Å². The number of aryl methyl sites for hydroxylation is 2. The molecule has 0 spiro atoms. The molecule has 0 saturated carbocycles. The molecule has 2 N–H and O–H groups in total. The van der Waals surface area contributed by atoms with Crippen molar-refractivity contribution in [2.75, 3.05) is 19.3 Å². The number of nitrogens with zero attached hydrogens (tertiary/aromatic N) is 1. The first-order valence-corrected chi connectivity index (χ1v) is 11.4. The summed E-state index contributed by atoms with van der Waals surface area (Å²) < 4.78 is 0.924. The van der Waals surface area contributed by atoms with E-state index >= 15 is 0 Å². The number of aromatic nitrogens is 1. The van der Waals surface area contributed by atoms with Crippen LogP contribution in [-0.2, 0) is 6.42 Å². The van der Waals surface area contributed by atoms with Crippen molar-refractivity contribution >= 4 is 39.2 Å². The average molecular weight is 388 g/mol. The number of nitrogens with one attached hydrogen (secondary N) is 2. The van der Waals surface area contributed by atoms with Crippen molar-refractivity contribution < 1.29 is 0 Å². The number of piperidine rings is 1. The number of rotatable bonds is 3. The maximum absolute atomic E-state index is 5.46. The molecule has 0 amide bonds. The molecule has 1 aromatic carbocycles. The van der Waals surface area contributed by atoms with Gasteiger partial charge in [-0.2, -0.15) is 0 Å². The minimum absolute atomic E-state index is 0.445. The van der Waals surface area contributed by atoms with Crippen LogP contribution in [0, 0.1) is 13.8 Å². The van der Waals surface area contributed by atoms with Crippen molar-refractivity contribution in [2.45, 2.75) is 58.0 Å². The van der Waals surface area contributed by atoms with E-state index in [-0.39, 0.29) is 0 Å². The van der Waals surface area contributed by atoms with E-state index in [1.54, 1.807) is 22.9 Å². The minimum atomic E-state index is 0.445. The van der Waals surface area contributed by atoms with Crippen LogP contribution in [0.25, 0.3) is 10.9 Å². The molecule has 1 saturated heterocycles. The zero-order chi connectivity index (χ0) is 18.4. The molecule has 26 heavy (non-hydrogen) atoms. The zero-order valence-electron chi connectivity index (χ0n) is 16.2. The minimum Gasteiger partial charge on any atom is -0.367 e. The summed E-state index contributed by atoms with van der Waals surface area (Å²) in [7, 11) is 0. The fourth-order valence-corrected chi connectivity index (χ4v) is 5.58. The normalized spacial score (nSPS) is 25.3. The SMILES string of the molecule is CCCN1C[C@@H](NC(=S)SC)CC2c3ccc(C)c4[nH]c(C)c(c34)C[C@H]21. The van der Waals surface area contributed by atoms with Crippen LogP contribution in [0.1, 0.15) is 48.1 Å². The number of H-pyrrole nitrogens is 1. The number of thiocarbonyl (C=S) groups is 1. The summed E-state index contributed by atoms with van der Waals surface area (Å²) >= 11 is 7.11. The first-order chi connectivity index (χ1) is 12.5. The largest absolute Gasteiger partial charge is 0.367 e. The molecule has 4 rings (SSSR count). The Hall–Kier alpha value is -1.04. The number of hydrogen-bond donors (Lipinski definition) is 2. The summed E-state index contributed by atoms with van der Waals surface area (Å²) in [5.41, 5.74) is 7.16. The van der Waals surface area contributed by atoms with E-state index in [4.69, 9.17) is 12.2 Å². The third-order valence-corrected chi connectivity index (χ3v) is 7.38. The molecular formula is C21H29N3S2. The molecular weight excluding hydrogens is 358 g/mol. The lowest BCUT2D eigenvalue weighted by atomic mass is 9.73. The lowest BCUT2D eigenvalue weighted by molar-refractivity contribution is 0.105. The second-order valence-electron chi connectivity index (χ2n) is 7.89. The topological polar surface area (TPSA) is 31.1 Å². The van der Waals surface area contributed by atoms with Crippen LogP contribution in [0.2, 0.25) is 0 Å². The highest BCUT2D eigenvalue weighted by molar-refractivity contribution is 8.22. The molecule has 3 atom stereocenters. The van der Waals surface area contributed by atoms with Gasteiger partial charge in [0.25, 0.3) is 0 Å². The number of benzene rings is 1. The maximum Gasteiger partial charge on any atom is 0.133 e. The Balaban J connectivity index is 1.76. The molecule has 2 aliphatic rings. The van der Waals surface area contributed by atoms with E-state index < -0.39 is 0 Å². The highest BCUT2D eigenvalue weighted by atomic mass is 32.2. The second kappa shape index (κ2) is 7.17. The summed E-state index contributed by atoms with van der Waals surface area (Å²) in [6.07, 6.45) is 5.61. The monoisotopic (exact) mass is 387 g/mol. The van der Waals surface area contributed by atoms with Crippen LogP contribution in [0.5, 0.6) is 0 Å². The summed E-state index contributed by atoms with van der Waals surface area (Å²) in [5, 5.41) is 5.12. The van der Waals surface area contributed by atoms with E-state index in [0.717, 1.165) is 10.9 Å². The van der Waals surface area contributed by atoms with Crippen molar-refractivity contribution in [2.24, 2.45) is 0 Å². The standard InChI is InChI=1S/C21H29N3S2/c1-5-8-24-11-14(23-21(25)26-4)9-17-15-7-6-12(2)20-19(15)16(10-18(17)24)13(3)22-20/h6-7,14,17-18,22H,5,8-11H2,1-4H3,(H,23,25)/t14-,17?,18+/m0/s1. The van der Waals surface area contributed by atoms with Gasteiger partial charge < -0.3 is 10.3 Å². The van der Waals surface area contributed by atoms with Crippen LogP contribution in [0.15, 0.2) is 12.1 Å². The van der Waals surface area contributed by atoms with Crippen LogP contribution < -0.4 is 5.32 Å². The molecule has 1 unspecified atom stereocenters. The fraction of sp³-hybridized carbons (Fsp3) is 0.571. The van der Waals surface area contributed by atoms with E-state index in [1.165, 1.54) is 48.0 Å². The highest BCUT2D eigenvalue weighted by Gasteiger charge is 2.41. The molecule has 140 valence electrons. The molecule has 0 bridgehead atoms. The van der Waals surface area contributed by atoms with E-state index in [2.05, 4.69) is 54.4 Å². The number of fused-ring (bicyclic) bond motifs is 2. The van der Waals surface area contributed by atoms with Gasteiger partial charge in [0, 0.05) is 41.1 Å². The second-order valence-corrected chi connectivity index (χ2v) is 9.37. The maximum atomic E-state index is 5.46. The van der Waals surface area contributed by atoms with Gasteiger partial charge in [0.2, 0.25) is 0 Å². The summed E-state index contributed by atoms with van der Waals surface area (Å²) in [5.74, 6) is 0.586. The van der Waals surface area contributed by atoms with Gasteiger partial charge in [-0.3, -0.25) is 4.90 Å². The predicted octanol–water partition coefficient (Wildman–Crippen LogP) is 4.51. The first kappa shape index (κ1) is 18.3. The van der Waals surface area contributed by atoms with Gasteiger partial charge in [0.15, 0.2) is 0 Å².